The molecule has 0 atom stereocenters. The van der Waals surface area contributed by atoms with Crippen molar-refractivity contribution in [1.82, 2.24) is 4.57 Å². The lowest BCUT2D eigenvalue weighted by Gasteiger charge is -2.03. The molecular weight excluding hydrogens is 218 g/mol. The highest BCUT2D eigenvalue weighted by atomic mass is 15.0. The number of allylic oxidation sites excluding steroid dienone is 1. The number of fused-ring (bicyclic) bond motifs is 3. The van der Waals surface area contributed by atoms with Gasteiger partial charge in [0.15, 0.2) is 0 Å². The Labute approximate surface area is 107 Å². The highest BCUT2D eigenvalue weighted by molar-refractivity contribution is 6.11. The van der Waals surface area contributed by atoms with Crippen molar-refractivity contribution in [2.24, 2.45) is 0 Å². The molecule has 0 radical (unpaired) electrons. The molecule has 0 aliphatic heterocycles. The molecule has 0 saturated carbocycles. The molecule has 0 N–H and O–H groups in total. The van der Waals surface area contributed by atoms with Gasteiger partial charge in [0.05, 0.1) is 0 Å². The Hall–Kier alpha value is -2.28. The number of hydrogen-bond acceptors (Lipinski definition) is 0. The van der Waals surface area contributed by atoms with Gasteiger partial charge in [-0.05, 0) is 17.7 Å². The van der Waals surface area contributed by atoms with Crippen molar-refractivity contribution in [3.63, 3.8) is 0 Å². The van der Waals surface area contributed by atoms with Gasteiger partial charge in [-0.15, -0.1) is 6.58 Å². The van der Waals surface area contributed by atoms with E-state index in [2.05, 4.69) is 60.2 Å². The van der Waals surface area contributed by atoms with Gasteiger partial charge in [-0.1, -0.05) is 49.1 Å². The van der Waals surface area contributed by atoms with Crippen LogP contribution in [0.1, 0.15) is 5.56 Å². The molecule has 88 valence electrons. The molecule has 0 bridgehead atoms. The summed E-state index contributed by atoms with van der Waals surface area (Å²) in [5.41, 5.74) is 3.68. The second-order valence-corrected chi connectivity index (χ2v) is 4.36. The molecule has 1 aromatic heterocycles. The van der Waals surface area contributed by atoms with Gasteiger partial charge in [-0.3, -0.25) is 0 Å². The average molecular weight is 233 g/mol. The predicted molar refractivity (Wildman–Crippen MR) is 79.7 cm³/mol. The van der Waals surface area contributed by atoms with Crippen LogP contribution in [0, 0.1) is 0 Å². The fourth-order valence-corrected chi connectivity index (χ4v) is 2.62. The number of aromatic nitrogens is 1. The predicted octanol–water partition coefficient (Wildman–Crippen LogP) is 4.62. The number of nitrogens with zero attached hydrogens (tertiary/aromatic N) is 1. The minimum Gasteiger partial charge on any atom is -0.337 e. The minimum absolute atomic E-state index is 0.824. The molecule has 0 aliphatic carbocycles. The van der Waals surface area contributed by atoms with Gasteiger partial charge in [-0.2, -0.15) is 0 Å². The van der Waals surface area contributed by atoms with Crippen LogP contribution in [0.4, 0.5) is 0 Å². The maximum atomic E-state index is 3.91. The van der Waals surface area contributed by atoms with Gasteiger partial charge in [0.2, 0.25) is 0 Å². The van der Waals surface area contributed by atoms with Crippen molar-refractivity contribution >= 4 is 27.9 Å². The lowest BCUT2D eigenvalue weighted by molar-refractivity contribution is 0.901. The summed E-state index contributed by atoms with van der Waals surface area (Å²) in [6.07, 6.45) is 3.86. The smallest absolute Gasteiger partial charge is 0.0500 e. The molecule has 0 spiro atoms. The van der Waals surface area contributed by atoms with Gasteiger partial charge in [-0.25, -0.2) is 0 Å². The summed E-state index contributed by atoms with van der Waals surface area (Å²) in [5, 5.41) is 2.56. The van der Waals surface area contributed by atoms with Gasteiger partial charge < -0.3 is 4.57 Å². The maximum absolute atomic E-state index is 3.91. The van der Waals surface area contributed by atoms with Gasteiger partial charge in [0.25, 0.3) is 0 Å². The van der Waals surface area contributed by atoms with E-state index in [1.54, 1.807) is 0 Å². The lowest BCUT2D eigenvalue weighted by Crippen LogP contribution is -1.93. The van der Waals surface area contributed by atoms with Crippen LogP contribution < -0.4 is 0 Å². The van der Waals surface area contributed by atoms with E-state index in [4.69, 9.17) is 0 Å². The molecule has 18 heavy (non-hydrogen) atoms. The highest BCUT2D eigenvalue weighted by Gasteiger charge is 2.10. The Morgan fingerprint density at radius 2 is 1.72 bits per heavy atom. The summed E-state index contributed by atoms with van der Waals surface area (Å²) < 4.78 is 2.30. The van der Waals surface area contributed by atoms with E-state index >= 15 is 0 Å². The van der Waals surface area contributed by atoms with Crippen LogP contribution in [-0.2, 0) is 6.54 Å². The summed E-state index contributed by atoms with van der Waals surface area (Å²) in [6, 6.07) is 14.8. The first-order chi connectivity index (χ1) is 8.86. The van der Waals surface area contributed by atoms with Crippen molar-refractivity contribution in [3.05, 3.63) is 67.3 Å². The first-order valence-corrected chi connectivity index (χ1v) is 6.10. The van der Waals surface area contributed by atoms with Crippen molar-refractivity contribution in [1.29, 1.82) is 0 Å². The summed E-state index contributed by atoms with van der Waals surface area (Å²) in [6.45, 7) is 8.59. The molecule has 3 aromatic rings. The van der Waals surface area contributed by atoms with Crippen molar-refractivity contribution in [2.45, 2.75) is 6.54 Å². The summed E-state index contributed by atoms with van der Waals surface area (Å²) in [4.78, 5) is 0. The topological polar surface area (TPSA) is 4.93 Å². The van der Waals surface area contributed by atoms with E-state index in [-0.39, 0.29) is 0 Å². The van der Waals surface area contributed by atoms with E-state index in [1.165, 1.54) is 27.4 Å². The van der Waals surface area contributed by atoms with Crippen LogP contribution in [0.5, 0.6) is 0 Å². The Morgan fingerprint density at radius 3 is 2.50 bits per heavy atom. The van der Waals surface area contributed by atoms with Crippen LogP contribution in [0.3, 0.4) is 0 Å². The zero-order chi connectivity index (χ0) is 12.5. The van der Waals surface area contributed by atoms with E-state index in [0.717, 1.165) is 6.54 Å². The SMILES string of the molecule is C=CCn1c2ccccc2c2c(C=C)cccc21. The van der Waals surface area contributed by atoms with Crippen molar-refractivity contribution in [2.75, 3.05) is 0 Å². The normalized spacial score (nSPS) is 10.9. The van der Waals surface area contributed by atoms with Gasteiger partial charge in [0, 0.05) is 28.4 Å². The summed E-state index contributed by atoms with van der Waals surface area (Å²) >= 11 is 0. The Kier molecular flexibility index (Phi) is 2.52. The largest absolute Gasteiger partial charge is 0.337 e. The third-order valence-electron chi connectivity index (χ3n) is 3.36. The zero-order valence-corrected chi connectivity index (χ0v) is 10.3. The van der Waals surface area contributed by atoms with Crippen LogP contribution in [0.25, 0.3) is 27.9 Å². The second-order valence-electron chi connectivity index (χ2n) is 4.36. The lowest BCUT2D eigenvalue weighted by atomic mass is 10.1. The second kappa shape index (κ2) is 4.19. The van der Waals surface area contributed by atoms with Crippen molar-refractivity contribution in [3.8, 4) is 0 Å². The summed E-state index contributed by atoms with van der Waals surface area (Å²) in [5.74, 6) is 0. The van der Waals surface area contributed by atoms with E-state index in [1.807, 2.05) is 12.2 Å². The Morgan fingerprint density at radius 1 is 0.944 bits per heavy atom. The molecule has 0 fully saturated rings. The molecule has 0 saturated heterocycles. The zero-order valence-electron chi connectivity index (χ0n) is 10.3. The number of benzene rings is 2. The highest BCUT2D eigenvalue weighted by Crippen LogP contribution is 2.31. The quantitative estimate of drug-likeness (QED) is 0.581. The fraction of sp³-hybridized carbons (Fsp3) is 0.0588. The first-order valence-electron chi connectivity index (χ1n) is 6.10. The third kappa shape index (κ3) is 1.41. The molecule has 3 rings (SSSR count). The monoisotopic (exact) mass is 233 g/mol. The van der Waals surface area contributed by atoms with Crippen LogP contribution in [0.2, 0.25) is 0 Å². The standard InChI is InChI=1S/C17H15N/c1-3-12-18-15-10-6-5-9-14(15)17-13(4-2)8-7-11-16(17)18/h3-11H,1-2,12H2. The first kappa shape index (κ1) is 10.8. The van der Waals surface area contributed by atoms with E-state index in [0.29, 0.717) is 0 Å². The third-order valence-corrected chi connectivity index (χ3v) is 3.36. The van der Waals surface area contributed by atoms with Crippen LogP contribution >= 0.6 is 0 Å². The maximum Gasteiger partial charge on any atom is 0.0500 e. The fourth-order valence-electron chi connectivity index (χ4n) is 2.62. The molecule has 0 amide bonds. The van der Waals surface area contributed by atoms with Crippen LogP contribution in [0.15, 0.2) is 61.7 Å². The molecule has 1 heterocycles. The Bertz CT molecular complexity index is 747. The Balaban J connectivity index is 2.57. The van der Waals surface area contributed by atoms with E-state index < -0.39 is 0 Å². The molecule has 1 nitrogen and oxygen atoms in total. The van der Waals surface area contributed by atoms with E-state index in [9.17, 15) is 0 Å². The summed E-state index contributed by atoms with van der Waals surface area (Å²) in [7, 11) is 0. The number of para-hydroxylation sites is 1. The number of rotatable bonds is 3. The molecule has 0 unspecified atom stereocenters. The van der Waals surface area contributed by atoms with Crippen LogP contribution in [-0.4, -0.2) is 4.57 Å². The molecule has 1 heteroatoms. The molecule has 0 aliphatic rings. The average Bonchev–Trinajstić information content (AvgIpc) is 2.74. The number of hydrogen-bond donors (Lipinski definition) is 0. The van der Waals surface area contributed by atoms with Crippen molar-refractivity contribution < 1.29 is 0 Å². The van der Waals surface area contributed by atoms with Gasteiger partial charge in [0.1, 0.15) is 0 Å². The van der Waals surface area contributed by atoms with Gasteiger partial charge >= 0.3 is 0 Å². The molecule has 2 aromatic carbocycles. The molecular formula is C17H15N. The minimum atomic E-state index is 0.824.